The van der Waals surface area contributed by atoms with Crippen LogP contribution in [-0.4, -0.2) is 0 Å². The third-order valence-corrected chi connectivity index (χ3v) is 1.78. The summed E-state index contributed by atoms with van der Waals surface area (Å²) in [6, 6.07) is 10.4. The Morgan fingerprint density at radius 2 is 1.64 bits per heavy atom. The summed E-state index contributed by atoms with van der Waals surface area (Å²) in [5.74, 6) is 0. The summed E-state index contributed by atoms with van der Waals surface area (Å²) >= 11 is 0. The summed E-state index contributed by atoms with van der Waals surface area (Å²) in [6.07, 6.45) is 8.49. The number of rotatable bonds is 1. The van der Waals surface area contributed by atoms with Gasteiger partial charge in [0.25, 0.3) is 0 Å². The molecule has 0 fully saturated rings. The van der Waals surface area contributed by atoms with Crippen molar-refractivity contribution in [3.05, 3.63) is 54.1 Å². The van der Waals surface area contributed by atoms with Gasteiger partial charge in [0.2, 0.25) is 0 Å². The van der Waals surface area contributed by atoms with Crippen molar-refractivity contribution in [3.63, 3.8) is 0 Å². The van der Waals surface area contributed by atoms with Crippen molar-refractivity contribution in [1.29, 1.82) is 0 Å². The first-order valence-electron chi connectivity index (χ1n) is 3.79. The second-order valence-corrected chi connectivity index (χ2v) is 2.56. The fourth-order valence-corrected chi connectivity index (χ4v) is 1.22. The van der Waals surface area contributed by atoms with Gasteiger partial charge in [0, 0.05) is 0 Å². The number of hydrogen-bond acceptors (Lipinski definition) is 0. The van der Waals surface area contributed by atoms with E-state index in [2.05, 4.69) is 42.5 Å². The topological polar surface area (TPSA) is 0 Å². The van der Waals surface area contributed by atoms with E-state index < -0.39 is 0 Å². The van der Waals surface area contributed by atoms with Gasteiger partial charge >= 0.3 is 21.7 Å². The molecule has 0 unspecified atom stereocenters. The van der Waals surface area contributed by atoms with E-state index in [-0.39, 0.29) is 46.5 Å². The standard InChI is InChI=1S/C11H9.2ClH.Ti/c1-2-6-10(7-3-1)11-8-4-5-9-11;;;/h1-4,6-8H,5H2;2*1H;/q-1;;;+3/p-2. The molecular formula is C11H9Cl2Ti. The minimum absolute atomic E-state index is 0. The van der Waals surface area contributed by atoms with E-state index in [0.29, 0.717) is 0 Å². The molecule has 0 amide bonds. The van der Waals surface area contributed by atoms with E-state index in [1.54, 1.807) is 0 Å². The van der Waals surface area contributed by atoms with Gasteiger partial charge in [0.05, 0.1) is 0 Å². The summed E-state index contributed by atoms with van der Waals surface area (Å²) in [5.41, 5.74) is 2.49. The van der Waals surface area contributed by atoms with Gasteiger partial charge in [-0.05, 0) is 0 Å². The molecule has 1 aliphatic rings. The average Bonchev–Trinajstić information content (AvgIpc) is 2.58. The van der Waals surface area contributed by atoms with Gasteiger partial charge in [-0.2, -0.15) is 17.7 Å². The van der Waals surface area contributed by atoms with Gasteiger partial charge in [0.1, 0.15) is 0 Å². The molecule has 1 aromatic rings. The Morgan fingerprint density at radius 1 is 1.00 bits per heavy atom. The number of hydrogen-bond donors (Lipinski definition) is 0. The molecule has 0 nitrogen and oxygen atoms in total. The van der Waals surface area contributed by atoms with Crippen LogP contribution >= 0.6 is 0 Å². The summed E-state index contributed by atoms with van der Waals surface area (Å²) in [7, 11) is 0. The first kappa shape index (κ1) is 16.4. The van der Waals surface area contributed by atoms with Gasteiger partial charge < -0.3 is 24.8 Å². The van der Waals surface area contributed by atoms with E-state index in [1.807, 2.05) is 6.07 Å². The maximum atomic E-state index is 3.28. The summed E-state index contributed by atoms with van der Waals surface area (Å²) in [4.78, 5) is 0. The molecule has 2 rings (SSSR count). The van der Waals surface area contributed by atoms with E-state index in [4.69, 9.17) is 0 Å². The third-order valence-electron chi connectivity index (χ3n) is 1.78. The molecule has 0 saturated carbocycles. The van der Waals surface area contributed by atoms with Crippen LogP contribution in [0.5, 0.6) is 0 Å². The SMILES string of the molecule is [C-]1=C(c2ccccc2)C=CC1.[Cl-].[Cl-].[Ti+3]. The van der Waals surface area contributed by atoms with Crippen molar-refractivity contribution in [2.75, 3.05) is 0 Å². The predicted octanol–water partition coefficient (Wildman–Crippen LogP) is -3.16. The smallest absolute Gasteiger partial charge is 1.00 e. The molecule has 0 N–H and O–H groups in total. The monoisotopic (exact) mass is 259 g/mol. The molecule has 0 saturated heterocycles. The molecule has 14 heavy (non-hydrogen) atoms. The number of halogens is 2. The van der Waals surface area contributed by atoms with Crippen molar-refractivity contribution in [2.45, 2.75) is 6.42 Å². The Labute approximate surface area is 112 Å². The zero-order valence-electron chi connectivity index (χ0n) is 7.50. The summed E-state index contributed by atoms with van der Waals surface area (Å²) < 4.78 is 0. The maximum Gasteiger partial charge on any atom is 3.00 e. The molecule has 0 aliphatic heterocycles. The normalized spacial score (nSPS) is 11.9. The van der Waals surface area contributed by atoms with Crippen molar-refractivity contribution in [1.82, 2.24) is 0 Å². The number of benzene rings is 1. The second-order valence-electron chi connectivity index (χ2n) is 2.56. The fourth-order valence-electron chi connectivity index (χ4n) is 1.22. The Bertz CT molecular complexity index is 304. The Morgan fingerprint density at radius 3 is 2.14 bits per heavy atom. The van der Waals surface area contributed by atoms with Crippen LogP contribution in [0.4, 0.5) is 0 Å². The van der Waals surface area contributed by atoms with Gasteiger partial charge in [-0.1, -0.05) is 24.6 Å². The molecule has 3 heteroatoms. The Balaban J connectivity index is 0. The molecule has 1 aromatic carbocycles. The molecule has 0 heterocycles. The van der Waals surface area contributed by atoms with Crippen molar-refractivity contribution < 1.29 is 46.5 Å². The minimum atomic E-state index is 0. The van der Waals surface area contributed by atoms with E-state index in [9.17, 15) is 0 Å². The molecule has 0 spiro atoms. The largest absolute Gasteiger partial charge is 3.00 e. The molecule has 0 aromatic heterocycles. The zero-order chi connectivity index (χ0) is 7.52. The molecule has 71 valence electrons. The Hall–Kier alpha value is -0.00571. The average molecular weight is 260 g/mol. The van der Waals surface area contributed by atoms with Crippen LogP contribution in [0.25, 0.3) is 5.57 Å². The van der Waals surface area contributed by atoms with Crippen LogP contribution in [0.15, 0.2) is 42.5 Å². The zero-order valence-corrected chi connectivity index (χ0v) is 10.6. The van der Waals surface area contributed by atoms with Crippen molar-refractivity contribution in [3.8, 4) is 0 Å². The van der Waals surface area contributed by atoms with Crippen molar-refractivity contribution >= 4 is 5.57 Å². The van der Waals surface area contributed by atoms with Gasteiger partial charge in [-0.15, -0.1) is 23.8 Å². The van der Waals surface area contributed by atoms with Crippen LogP contribution in [0.3, 0.4) is 0 Å². The van der Waals surface area contributed by atoms with Gasteiger partial charge in [-0.3, -0.25) is 0 Å². The number of allylic oxidation sites excluding steroid dienone is 4. The first-order valence-corrected chi connectivity index (χ1v) is 3.79. The third kappa shape index (κ3) is 4.02. The van der Waals surface area contributed by atoms with Gasteiger partial charge in [0.15, 0.2) is 0 Å². The fraction of sp³-hybridized carbons (Fsp3) is 0.0909. The van der Waals surface area contributed by atoms with Crippen LogP contribution in [-0.2, 0) is 21.7 Å². The van der Waals surface area contributed by atoms with Crippen LogP contribution < -0.4 is 24.8 Å². The van der Waals surface area contributed by atoms with E-state index >= 15 is 0 Å². The first-order chi connectivity index (χ1) is 5.47. The van der Waals surface area contributed by atoms with Crippen molar-refractivity contribution in [2.24, 2.45) is 0 Å². The molecule has 0 atom stereocenters. The van der Waals surface area contributed by atoms with E-state index in [0.717, 1.165) is 6.42 Å². The predicted molar refractivity (Wildman–Crippen MR) is 46.8 cm³/mol. The summed E-state index contributed by atoms with van der Waals surface area (Å²) in [6.45, 7) is 0. The Kier molecular flexibility index (Phi) is 9.76. The molecule has 1 radical (unpaired) electrons. The van der Waals surface area contributed by atoms with Gasteiger partial charge in [-0.25, -0.2) is 0 Å². The molecule has 1 aliphatic carbocycles. The second kappa shape index (κ2) is 8.31. The minimum Gasteiger partial charge on any atom is -1.00 e. The quantitative estimate of drug-likeness (QED) is 0.369. The summed E-state index contributed by atoms with van der Waals surface area (Å²) in [5, 5.41) is 0. The van der Waals surface area contributed by atoms with Crippen LogP contribution in [0.2, 0.25) is 0 Å². The molecule has 0 bridgehead atoms. The maximum absolute atomic E-state index is 3.28. The van der Waals surface area contributed by atoms with Crippen LogP contribution in [0, 0.1) is 6.08 Å². The molecular weight excluding hydrogens is 251 g/mol. The van der Waals surface area contributed by atoms with Crippen LogP contribution in [0.1, 0.15) is 12.0 Å². The van der Waals surface area contributed by atoms with E-state index in [1.165, 1.54) is 11.1 Å².